The van der Waals surface area contributed by atoms with Crippen LogP contribution in [0.2, 0.25) is 0 Å². The van der Waals surface area contributed by atoms with Crippen LogP contribution in [0.3, 0.4) is 0 Å². The van der Waals surface area contributed by atoms with Gasteiger partial charge in [-0.3, -0.25) is 0 Å². The molecule has 4 heteroatoms. The van der Waals surface area contributed by atoms with E-state index in [0.29, 0.717) is 5.92 Å². The van der Waals surface area contributed by atoms with Gasteiger partial charge in [0.25, 0.3) is 0 Å². The van der Waals surface area contributed by atoms with Crippen LogP contribution >= 0.6 is 34.1 Å². The maximum atomic E-state index is 6.19. The molecule has 1 unspecified atom stereocenters. The minimum absolute atomic E-state index is 0.0688. The molecule has 0 aromatic heterocycles. The van der Waals surface area contributed by atoms with Crippen LogP contribution in [0.5, 0.6) is 5.75 Å². The monoisotopic (exact) mass is 331 g/mol. The van der Waals surface area contributed by atoms with Gasteiger partial charge in [-0.15, -0.1) is 11.6 Å². The molecule has 1 nitrogen and oxygen atoms in total. The molecule has 0 aliphatic carbocycles. The topological polar surface area (TPSA) is 9.23 Å². The van der Waals surface area contributed by atoms with E-state index in [1.807, 2.05) is 24.3 Å². The molecule has 1 aromatic carbocycles. The van der Waals surface area contributed by atoms with E-state index in [1.165, 1.54) is 23.6 Å². The van der Waals surface area contributed by atoms with Crippen molar-refractivity contribution in [1.82, 2.24) is 0 Å². The molecule has 0 spiro atoms. The maximum absolute atomic E-state index is 6.19. The average Bonchev–Trinajstić information content (AvgIpc) is 2.38. The zero-order chi connectivity index (χ0) is 15.0. The highest BCUT2D eigenvalue weighted by atomic mass is 35.5. The first-order valence-electron chi connectivity index (χ1n) is 7.12. The second kappa shape index (κ2) is 9.11. The Morgan fingerprint density at radius 2 is 1.90 bits per heavy atom. The SMILES string of the molecule is CC(CCCC(C)(C)Cl)CCOc1ccc(S[S])cc1. The van der Waals surface area contributed by atoms with Crippen LogP contribution in [0.25, 0.3) is 0 Å². The number of hydrogen-bond acceptors (Lipinski definition) is 2. The van der Waals surface area contributed by atoms with Crippen molar-refractivity contribution < 1.29 is 4.74 Å². The smallest absolute Gasteiger partial charge is 0.119 e. The minimum atomic E-state index is -0.0688. The first-order valence-corrected chi connectivity index (χ1v) is 9.24. The first kappa shape index (κ1) is 18.1. The van der Waals surface area contributed by atoms with E-state index < -0.39 is 0 Å². The lowest BCUT2D eigenvalue weighted by atomic mass is 9.97. The van der Waals surface area contributed by atoms with E-state index in [1.54, 1.807) is 0 Å². The summed E-state index contributed by atoms with van der Waals surface area (Å²) < 4.78 is 5.75. The molecule has 0 saturated carbocycles. The molecule has 0 saturated heterocycles. The van der Waals surface area contributed by atoms with E-state index in [4.69, 9.17) is 28.0 Å². The van der Waals surface area contributed by atoms with Gasteiger partial charge in [0.15, 0.2) is 0 Å². The zero-order valence-corrected chi connectivity index (χ0v) is 14.9. The molecule has 0 aliphatic rings. The van der Waals surface area contributed by atoms with E-state index in [-0.39, 0.29) is 4.87 Å². The molecule has 1 radical (unpaired) electrons. The number of alkyl halides is 1. The van der Waals surface area contributed by atoms with Crippen LogP contribution in [0.1, 0.15) is 46.5 Å². The lowest BCUT2D eigenvalue weighted by molar-refractivity contribution is 0.276. The van der Waals surface area contributed by atoms with Crippen molar-refractivity contribution in [3.63, 3.8) is 0 Å². The Morgan fingerprint density at radius 3 is 2.45 bits per heavy atom. The molecule has 0 bridgehead atoms. The largest absolute Gasteiger partial charge is 0.494 e. The molecule has 0 amide bonds. The van der Waals surface area contributed by atoms with Gasteiger partial charge in [0.1, 0.15) is 5.75 Å². The van der Waals surface area contributed by atoms with Crippen molar-refractivity contribution in [2.24, 2.45) is 5.92 Å². The molecular weight excluding hydrogens is 308 g/mol. The number of halogens is 1. The molecule has 113 valence electrons. The van der Waals surface area contributed by atoms with Crippen molar-refractivity contribution >= 4 is 34.1 Å². The van der Waals surface area contributed by atoms with Gasteiger partial charge in [-0.05, 0) is 79.3 Å². The molecule has 1 rings (SSSR count). The number of benzene rings is 1. The first-order chi connectivity index (χ1) is 9.40. The predicted octanol–water partition coefficient (Wildman–Crippen LogP) is 6.48. The summed E-state index contributed by atoms with van der Waals surface area (Å²) in [7, 11) is 1.33. The summed E-state index contributed by atoms with van der Waals surface area (Å²) in [4.78, 5) is 1.02. The summed E-state index contributed by atoms with van der Waals surface area (Å²) in [5.74, 6) is 1.60. The molecule has 20 heavy (non-hydrogen) atoms. The van der Waals surface area contributed by atoms with E-state index >= 15 is 0 Å². The second-order valence-electron chi connectivity index (χ2n) is 5.91. The Morgan fingerprint density at radius 1 is 1.25 bits per heavy atom. The summed E-state index contributed by atoms with van der Waals surface area (Å²) in [5.41, 5.74) is 0. The van der Waals surface area contributed by atoms with Crippen molar-refractivity contribution in [1.29, 1.82) is 0 Å². The quantitative estimate of drug-likeness (QED) is 0.378. The summed E-state index contributed by atoms with van der Waals surface area (Å²) in [6.45, 7) is 7.20. The zero-order valence-electron chi connectivity index (χ0n) is 12.5. The number of hydrogen-bond donors (Lipinski definition) is 0. The highest BCUT2D eigenvalue weighted by Gasteiger charge is 2.13. The number of rotatable bonds is 9. The Balaban J connectivity index is 2.16. The van der Waals surface area contributed by atoms with Crippen molar-refractivity contribution in [2.45, 2.75) is 56.2 Å². The van der Waals surface area contributed by atoms with Gasteiger partial charge in [-0.25, -0.2) is 0 Å². The van der Waals surface area contributed by atoms with Crippen LogP contribution in [0.4, 0.5) is 0 Å². The lowest BCUT2D eigenvalue weighted by Gasteiger charge is -2.17. The third-order valence-electron chi connectivity index (χ3n) is 3.27. The highest BCUT2D eigenvalue weighted by Crippen LogP contribution is 2.25. The van der Waals surface area contributed by atoms with Crippen LogP contribution in [-0.4, -0.2) is 11.5 Å². The standard InChI is InChI=1S/C16H24ClOS2/c1-13(5-4-11-16(2,3)17)10-12-18-14-6-8-15(20-19)9-7-14/h6-9,13H,4-5,10-12H2,1-3H3. The van der Waals surface area contributed by atoms with Crippen LogP contribution < -0.4 is 4.74 Å². The summed E-state index contributed by atoms with van der Waals surface area (Å²) in [6.07, 6.45) is 4.55. The molecule has 0 N–H and O–H groups in total. The second-order valence-corrected chi connectivity index (χ2v) is 8.07. The third kappa shape index (κ3) is 8.33. The highest BCUT2D eigenvalue weighted by molar-refractivity contribution is 8.68. The van der Waals surface area contributed by atoms with Crippen molar-refractivity contribution in [2.75, 3.05) is 6.61 Å². The van der Waals surface area contributed by atoms with E-state index in [9.17, 15) is 0 Å². The van der Waals surface area contributed by atoms with Gasteiger partial charge in [0.05, 0.1) is 6.61 Å². The normalized spacial score (nSPS) is 13.2. The fraction of sp³-hybridized carbons (Fsp3) is 0.625. The van der Waals surface area contributed by atoms with Crippen LogP contribution in [0.15, 0.2) is 29.2 Å². The minimum Gasteiger partial charge on any atom is -0.494 e. The van der Waals surface area contributed by atoms with Gasteiger partial charge >= 0.3 is 0 Å². The van der Waals surface area contributed by atoms with Crippen LogP contribution in [0, 0.1) is 5.92 Å². The molecular formula is C16H24ClOS2. The Hall–Kier alpha value is 0.01000. The lowest BCUT2D eigenvalue weighted by Crippen LogP contribution is -2.11. The van der Waals surface area contributed by atoms with Gasteiger partial charge in [-0.2, -0.15) is 0 Å². The summed E-state index contributed by atoms with van der Waals surface area (Å²) in [5, 5.41) is 0. The average molecular weight is 332 g/mol. The fourth-order valence-corrected chi connectivity index (χ4v) is 2.70. The fourth-order valence-electron chi connectivity index (χ4n) is 1.98. The summed E-state index contributed by atoms with van der Waals surface area (Å²) >= 11 is 11.1. The molecule has 1 atom stereocenters. The molecule has 0 aliphatic heterocycles. The number of ether oxygens (including phenoxy) is 1. The van der Waals surface area contributed by atoms with Crippen molar-refractivity contribution in [3.8, 4) is 5.75 Å². The summed E-state index contributed by atoms with van der Waals surface area (Å²) in [6, 6.07) is 7.96. The molecule has 0 heterocycles. The Kier molecular flexibility index (Phi) is 8.23. The van der Waals surface area contributed by atoms with E-state index in [0.717, 1.165) is 30.1 Å². The van der Waals surface area contributed by atoms with Gasteiger partial charge in [0.2, 0.25) is 0 Å². The third-order valence-corrected chi connectivity index (χ3v) is 4.50. The van der Waals surface area contributed by atoms with Crippen LogP contribution in [-0.2, 0) is 0 Å². The van der Waals surface area contributed by atoms with Gasteiger partial charge < -0.3 is 4.74 Å². The van der Waals surface area contributed by atoms with Crippen molar-refractivity contribution in [3.05, 3.63) is 24.3 Å². The molecule has 1 aromatic rings. The maximum Gasteiger partial charge on any atom is 0.119 e. The van der Waals surface area contributed by atoms with E-state index in [2.05, 4.69) is 20.8 Å². The Labute approximate surface area is 137 Å². The van der Waals surface area contributed by atoms with Gasteiger partial charge in [0, 0.05) is 9.77 Å². The molecule has 0 fully saturated rings. The Bertz CT molecular complexity index is 373. The predicted molar refractivity (Wildman–Crippen MR) is 92.9 cm³/mol. The van der Waals surface area contributed by atoms with Gasteiger partial charge in [-0.1, -0.05) is 19.8 Å².